The second kappa shape index (κ2) is 7.69. The van der Waals surface area contributed by atoms with Crippen LogP contribution in [-0.4, -0.2) is 44.0 Å². The minimum absolute atomic E-state index is 0.236. The summed E-state index contributed by atoms with van der Waals surface area (Å²) in [4.78, 5) is 11.7. The van der Waals surface area contributed by atoms with Crippen LogP contribution in [0.15, 0.2) is 0 Å². The Kier molecular flexibility index (Phi) is 7.36. The number of carbonyl (C=O) groups excluding carboxylic acids is 1. The van der Waals surface area contributed by atoms with Crippen molar-refractivity contribution in [3.63, 3.8) is 0 Å². The minimum atomic E-state index is -4.23. The molecule has 0 aliphatic rings. The standard InChI is InChI=1S/C12H22F3NO3/c1-5-18-10(17)11(3,16-4)8-9(2)19-7-6-12(13,14)15/h9,16H,5-8H2,1-4H3. The Hall–Kier alpha value is -0.820. The van der Waals surface area contributed by atoms with E-state index in [9.17, 15) is 18.0 Å². The van der Waals surface area contributed by atoms with Crippen molar-refractivity contribution in [1.82, 2.24) is 5.32 Å². The van der Waals surface area contributed by atoms with Crippen molar-refractivity contribution >= 4 is 5.97 Å². The number of likely N-dealkylation sites (N-methyl/N-ethyl adjacent to an activating group) is 1. The SMILES string of the molecule is CCOC(=O)C(C)(CC(C)OCCC(F)(F)F)NC. The average molecular weight is 285 g/mol. The maximum atomic E-state index is 12.0. The average Bonchev–Trinajstić information content (AvgIpc) is 2.27. The predicted octanol–water partition coefficient (Wildman–Crippen LogP) is 2.28. The van der Waals surface area contributed by atoms with E-state index in [1.807, 2.05) is 0 Å². The number of alkyl halides is 3. The molecule has 1 N–H and O–H groups in total. The van der Waals surface area contributed by atoms with Crippen LogP contribution >= 0.6 is 0 Å². The molecular weight excluding hydrogens is 263 g/mol. The highest BCUT2D eigenvalue weighted by molar-refractivity contribution is 5.80. The molecule has 0 bridgehead atoms. The van der Waals surface area contributed by atoms with Crippen LogP contribution in [0.2, 0.25) is 0 Å². The van der Waals surface area contributed by atoms with Gasteiger partial charge >= 0.3 is 12.1 Å². The Morgan fingerprint density at radius 3 is 2.37 bits per heavy atom. The quantitative estimate of drug-likeness (QED) is 0.695. The molecule has 0 aliphatic heterocycles. The van der Waals surface area contributed by atoms with Crippen molar-refractivity contribution in [1.29, 1.82) is 0 Å². The van der Waals surface area contributed by atoms with Gasteiger partial charge in [0.1, 0.15) is 5.54 Å². The molecule has 114 valence electrons. The van der Waals surface area contributed by atoms with E-state index in [1.165, 1.54) is 0 Å². The number of rotatable bonds is 8. The summed E-state index contributed by atoms with van der Waals surface area (Å²) < 4.78 is 45.9. The number of esters is 1. The minimum Gasteiger partial charge on any atom is -0.465 e. The Morgan fingerprint density at radius 2 is 1.95 bits per heavy atom. The molecule has 4 nitrogen and oxygen atoms in total. The lowest BCUT2D eigenvalue weighted by molar-refractivity contribution is -0.156. The lowest BCUT2D eigenvalue weighted by Gasteiger charge is -2.29. The molecule has 0 rings (SSSR count). The number of nitrogens with one attached hydrogen (secondary N) is 1. The van der Waals surface area contributed by atoms with Gasteiger partial charge in [0.2, 0.25) is 0 Å². The van der Waals surface area contributed by atoms with Gasteiger partial charge in [0.15, 0.2) is 0 Å². The Balaban J connectivity index is 4.26. The van der Waals surface area contributed by atoms with Crippen LogP contribution in [-0.2, 0) is 14.3 Å². The monoisotopic (exact) mass is 285 g/mol. The van der Waals surface area contributed by atoms with Gasteiger partial charge in [-0.2, -0.15) is 13.2 Å². The predicted molar refractivity (Wildman–Crippen MR) is 64.8 cm³/mol. The second-order valence-electron chi connectivity index (χ2n) is 4.55. The van der Waals surface area contributed by atoms with Crippen LogP contribution in [0.1, 0.15) is 33.6 Å². The van der Waals surface area contributed by atoms with E-state index in [0.717, 1.165) is 0 Å². The molecule has 7 heteroatoms. The third kappa shape index (κ3) is 7.37. The molecule has 0 radical (unpaired) electrons. The molecule has 19 heavy (non-hydrogen) atoms. The molecule has 0 aromatic carbocycles. The van der Waals surface area contributed by atoms with Gasteiger partial charge in [0.25, 0.3) is 0 Å². The maximum Gasteiger partial charge on any atom is 0.391 e. The van der Waals surface area contributed by atoms with Crippen molar-refractivity contribution < 1.29 is 27.4 Å². The fourth-order valence-corrected chi connectivity index (χ4v) is 1.59. The van der Waals surface area contributed by atoms with Crippen LogP contribution in [0.5, 0.6) is 0 Å². The normalized spacial score (nSPS) is 16.8. The van der Waals surface area contributed by atoms with E-state index in [0.29, 0.717) is 0 Å². The number of hydrogen-bond acceptors (Lipinski definition) is 4. The van der Waals surface area contributed by atoms with E-state index in [2.05, 4.69) is 5.32 Å². The first-order valence-corrected chi connectivity index (χ1v) is 6.19. The summed E-state index contributed by atoms with van der Waals surface area (Å²) in [7, 11) is 1.60. The van der Waals surface area contributed by atoms with E-state index in [1.54, 1.807) is 27.8 Å². The zero-order chi connectivity index (χ0) is 15.1. The fraction of sp³-hybridized carbons (Fsp3) is 0.917. The van der Waals surface area contributed by atoms with Crippen LogP contribution in [0.25, 0.3) is 0 Å². The lowest BCUT2D eigenvalue weighted by atomic mass is 9.95. The molecule has 0 aliphatic carbocycles. The van der Waals surface area contributed by atoms with Crippen molar-refractivity contribution in [2.75, 3.05) is 20.3 Å². The molecule has 2 atom stereocenters. The largest absolute Gasteiger partial charge is 0.465 e. The van der Waals surface area contributed by atoms with Gasteiger partial charge in [0.05, 0.1) is 25.7 Å². The third-order valence-electron chi connectivity index (χ3n) is 2.76. The van der Waals surface area contributed by atoms with Crippen molar-refractivity contribution in [3.05, 3.63) is 0 Å². The molecule has 0 saturated carbocycles. The highest BCUT2D eigenvalue weighted by Gasteiger charge is 2.35. The molecule has 0 aromatic heterocycles. The first kappa shape index (κ1) is 18.2. The summed E-state index contributed by atoms with van der Waals surface area (Å²) >= 11 is 0. The topological polar surface area (TPSA) is 47.6 Å². The van der Waals surface area contributed by atoms with E-state index in [4.69, 9.17) is 9.47 Å². The molecule has 2 unspecified atom stereocenters. The summed E-state index contributed by atoms with van der Waals surface area (Å²) in [5, 5.41) is 2.82. The van der Waals surface area contributed by atoms with E-state index in [-0.39, 0.29) is 13.0 Å². The molecule has 0 aromatic rings. The summed E-state index contributed by atoms with van der Waals surface area (Å²) in [5.41, 5.74) is -0.965. The number of carbonyl (C=O) groups is 1. The lowest BCUT2D eigenvalue weighted by Crippen LogP contribution is -2.50. The second-order valence-corrected chi connectivity index (χ2v) is 4.55. The third-order valence-corrected chi connectivity index (χ3v) is 2.76. The van der Waals surface area contributed by atoms with Gasteiger partial charge in [-0.25, -0.2) is 0 Å². The smallest absolute Gasteiger partial charge is 0.391 e. The van der Waals surface area contributed by atoms with Crippen molar-refractivity contribution in [3.8, 4) is 0 Å². The molecule has 0 spiro atoms. The zero-order valence-electron chi connectivity index (χ0n) is 11.8. The fourth-order valence-electron chi connectivity index (χ4n) is 1.59. The highest BCUT2D eigenvalue weighted by Crippen LogP contribution is 2.21. The van der Waals surface area contributed by atoms with Gasteiger partial charge in [-0.05, 0) is 27.8 Å². The maximum absolute atomic E-state index is 12.0. The number of halogens is 3. The first-order valence-electron chi connectivity index (χ1n) is 6.19. The summed E-state index contributed by atoms with van der Waals surface area (Å²) in [5.74, 6) is -0.441. The summed E-state index contributed by atoms with van der Waals surface area (Å²) in [6, 6.07) is 0. The molecular formula is C12H22F3NO3. The Morgan fingerprint density at radius 1 is 1.37 bits per heavy atom. The van der Waals surface area contributed by atoms with Crippen molar-refractivity contribution in [2.45, 2.75) is 51.4 Å². The number of hydrogen-bond donors (Lipinski definition) is 1. The molecule has 0 amide bonds. The summed E-state index contributed by atoms with van der Waals surface area (Å²) in [6.45, 7) is 4.80. The van der Waals surface area contributed by atoms with Crippen LogP contribution in [0, 0.1) is 0 Å². The van der Waals surface area contributed by atoms with E-state index < -0.39 is 36.8 Å². The van der Waals surface area contributed by atoms with Gasteiger partial charge in [-0.1, -0.05) is 0 Å². The summed E-state index contributed by atoms with van der Waals surface area (Å²) in [6.07, 6.45) is -5.47. The van der Waals surface area contributed by atoms with Crippen molar-refractivity contribution in [2.24, 2.45) is 0 Å². The molecule has 0 fully saturated rings. The van der Waals surface area contributed by atoms with Gasteiger partial charge in [-0.3, -0.25) is 4.79 Å². The van der Waals surface area contributed by atoms with Gasteiger partial charge in [0, 0.05) is 6.42 Å². The van der Waals surface area contributed by atoms with Crippen LogP contribution < -0.4 is 5.32 Å². The molecule has 0 heterocycles. The van der Waals surface area contributed by atoms with Gasteiger partial charge in [-0.15, -0.1) is 0 Å². The van der Waals surface area contributed by atoms with Crippen LogP contribution in [0.3, 0.4) is 0 Å². The van der Waals surface area contributed by atoms with E-state index >= 15 is 0 Å². The Bertz CT molecular complexity index is 284. The van der Waals surface area contributed by atoms with Gasteiger partial charge < -0.3 is 14.8 Å². The highest BCUT2D eigenvalue weighted by atomic mass is 19.4. The number of ether oxygens (including phenoxy) is 2. The molecule has 0 saturated heterocycles. The Labute approximate surface area is 111 Å². The first-order chi connectivity index (χ1) is 8.64. The zero-order valence-corrected chi connectivity index (χ0v) is 11.8. The van der Waals surface area contributed by atoms with Crippen LogP contribution in [0.4, 0.5) is 13.2 Å².